The molecular formula is C13H16ClFN2O. The number of carbonyl (C=O) groups is 1. The summed E-state index contributed by atoms with van der Waals surface area (Å²) >= 11 is 5.87. The summed E-state index contributed by atoms with van der Waals surface area (Å²) < 4.78 is 12.8. The van der Waals surface area contributed by atoms with E-state index in [2.05, 4.69) is 5.32 Å². The number of nitrogens with zero attached hydrogens (tertiary/aromatic N) is 1. The molecule has 0 radical (unpaired) electrons. The van der Waals surface area contributed by atoms with Crippen molar-refractivity contribution in [3.63, 3.8) is 0 Å². The van der Waals surface area contributed by atoms with Gasteiger partial charge in [-0.3, -0.25) is 4.79 Å². The Morgan fingerprint density at radius 2 is 2.06 bits per heavy atom. The van der Waals surface area contributed by atoms with Crippen LogP contribution in [0.3, 0.4) is 0 Å². The van der Waals surface area contributed by atoms with Gasteiger partial charge in [0.1, 0.15) is 5.82 Å². The molecule has 2 rings (SSSR count). The number of likely N-dealkylation sites (tertiary alicyclic amines) is 1. The number of amides is 1. The summed E-state index contributed by atoms with van der Waals surface area (Å²) in [5.41, 5.74) is 0.587. The van der Waals surface area contributed by atoms with E-state index >= 15 is 0 Å². The SMILES string of the molecule is O=C(CNc1ccc(F)cc1Cl)N1CCCCC1. The standard InChI is InChI=1S/C13H16ClFN2O/c14-11-8-10(15)4-5-12(11)16-9-13(18)17-6-2-1-3-7-17/h4-5,8,16H,1-3,6-7,9H2. The molecule has 0 saturated carbocycles. The van der Waals surface area contributed by atoms with Gasteiger partial charge >= 0.3 is 0 Å². The summed E-state index contributed by atoms with van der Waals surface area (Å²) in [4.78, 5) is 13.8. The molecule has 1 N–H and O–H groups in total. The van der Waals surface area contributed by atoms with Gasteiger partial charge in [0.05, 0.1) is 17.3 Å². The van der Waals surface area contributed by atoms with Gasteiger partial charge in [-0.15, -0.1) is 0 Å². The number of hydrogen-bond donors (Lipinski definition) is 1. The lowest BCUT2D eigenvalue weighted by atomic mass is 10.1. The number of piperidine rings is 1. The van der Waals surface area contributed by atoms with Crippen LogP contribution in [0.15, 0.2) is 18.2 Å². The molecule has 0 bridgehead atoms. The molecule has 18 heavy (non-hydrogen) atoms. The zero-order valence-corrected chi connectivity index (χ0v) is 10.8. The third-order valence-corrected chi connectivity index (χ3v) is 3.38. The lowest BCUT2D eigenvalue weighted by molar-refractivity contribution is -0.130. The predicted octanol–water partition coefficient (Wildman–Crippen LogP) is 2.90. The summed E-state index contributed by atoms with van der Waals surface area (Å²) in [6, 6.07) is 4.09. The van der Waals surface area contributed by atoms with E-state index in [4.69, 9.17) is 11.6 Å². The Morgan fingerprint density at radius 1 is 1.33 bits per heavy atom. The minimum atomic E-state index is -0.382. The molecule has 0 spiro atoms. The van der Waals surface area contributed by atoms with Crippen molar-refractivity contribution >= 4 is 23.2 Å². The second-order valence-electron chi connectivity index (χ2n) is 4.42. The van der Waals surface area contributed by atoms with Gasteiger partial charge in [0.15, 0.2) is 0 Å². The molecule has 1 heterocycles. The van der Waals surface area contributed by atoms with Crippen LogP contribution in [-0.4, -0.2) is 30.4 Å². The Balaban J connectivity index is 1.88. The Hall–Kier alpha value is -1.29. The number of hydrogen-bond acceptors (Lipinski definition) is 2. The zero-order valence-electron chi connectivity index (χ0n) is 10.1. The van der Waals surface area contributed by atoms with Crippen LogP contribution in [0.1, 0.15) is 19.3 Å². The van der Waals surface area contributed by atoms with E-state index in [1.54, 1.807) is 6.07 Å². The number of anilines is 1. The van der Waals surface area contributed by atoms with Crippen LogP contribution >= 0.6 is 11.6 Å². The molecule has 1 aromatic rings. The van der Waals surface area contributed by atoms with Gasteiger partial charge in [-0.05, 0) is 37.5 Å². The first-order valence-electron chi connectivity index (χ1n) is 6.13. The molecule has 0 unspecified atom stereocenters. The topological polar surface area (TPSA) is 32.3 Å². The minimum absolute atomic E-state index is 0.0649. The second-order valence-corrected chi connectivity index (χ2v) is 4.83. The highest BCUT2D eigenvalue weighted by Crippen LogP contribution is 2.22. The first kappa shape index (κ1) is 13.1. The lowest BCUT2D eigenvalue weighted by Crippen LogP contribution is -2.39. The van der Waals surface area contributed by atoms with Crippen molar-refractivity contribution < 1.29 is 9.18 Å². The van der Waals surface area contributed by atoms with Gasteiger partial charge in [0.2, 0.25) is 5.91 Å². The average Bonchev–Trinajstić information content (AvgIpc) is 2.38. The number of benzene rings is 1. The number of carbonyl (C=O) groups excluding carboxylic acids is 1. The third kappa shape index (κ3) is 3.35. The number of nitrogens with one attached hydrogen (secondary N) is 1. The first-order valence-corrected chi connectivity index (χ1v) is 6.51. The number of halogens is 2. The van der Waals surface area contributed by atoms with Crippen LogP contribution in [0.5, 0.6) is 0 Å². The van der Waals surface area contributed by atoms with Crippen molar-refractivity contribution in [3.05, 3.63) is 29.0 Å². The van der Waals surface area contributed by atoms with Crippen molar-refractivity contribution in [2.24, 2.45) is 0 Å². The van der Waals surface area contributed by atoms with Crippen LogP contribution in [-0.2, 0) is 4.79 Å². The van der Waals surface area contributed by atoms with Gasteiger partial charge < -0.3 is 10.2 Å². The normalized spacial score (nSPS) is 15.6. The molecule has 0 aromatic heterocycles. The highest BCUT2D eigenvalue weighted by Gasteiger charge is 2.16. The molecule has 3 nitrogen and oxygen atoms in total. The van der Waals surface area contributed by atoms with Crippen molar-refractivity contribution in [1.29, 1.82) is 0 Å². The van der Waals surface area contributed by atoms with Crippen LogP contribution in [0.2, 0.25) is 5.02 Å². The van der Waals surface area contributed by atoms with Gasteiger partial charge in [0.25, 0.3) is 0 Å². The van der Waals surface area contributed by atoms with Crippen molar-refractivity contribution in [2.45, 2.75) is 19.3 Å². The number of rotatable bonds is 3. The first-order chi connectivity index (χ1) is 8.66. The summed E-state index contributed by atoms with van der Waals surface area (Å²) in [5, 5.41) is 3.24. The summed E-state index contributed by atoms with van der Waals surface area (Å²) in [6.45, 7) is 1.86. The summed E-state index contributed by atoms with van der Waals surface area (Å²) in [5.74, 6) is -0.317. The van der Waals surface area contributed by atoms with E-state index in [1.807, 2.05) is 4.90 Å². The Labute approximate surface area is 111 Å². The fraction of sp³-hybridized carbons (Fsp3) is 0.462. The Kier molecular flexibility index (Phi) is 4.42. The van der Waals surface area contributed by atoms with Gasteiger partial charge in [-0.2, -0.15) is 0 Å². The maximum absolute atomic E-state index is 12.8. The highest BCUT2D eigenvalue weighted by molar-refractivity contribution is 6.33. The second kappa shape index (κ2) is 6.05. The molecule has 1 amide bonds. The van der Waals surface area contributed by atoms with E-state index in [0.717, 1.165) is 25.9 Å². The van der Waals surface area contributed by atoms with E-state index in [-0.39, 0.29) is 18.3 Å². The fourth-order valence-corrected chi connectivity index (χ4v) is 2.29. The quantitative estimate of drug-likeness (QED) is 0.916. The summed E-state index contributed by atoms with van der Waals surface area (Å²) in [7, 11) is 0. The van der Waals surface area contributed by atoms with Gasteiger partial charge in [-0.1, -0.05) is 11.6 Å². The predicted molar refractivity (Wildman–Crippen MR) is 70.3 cm³/mol. The van der Waals surface area contributed by atoms with Crippen molar-refractivity contribution in [2.75, 3.05) is 25.0 Å². The maximum Gasteiger partial charge on any atom is 0.241 e. The van der Waals surface area contributed by atoms with Crippen LogP contribution in [0.4, 0.5) is 10.1 Å². The molecule has 1 aliphatic heterocycles. The van der Waals surface area contributed by atoms with E-state index in [9.17, 15) is 9.18 Å². The van der Waals surface area contributed by atoms with E-state index in [1.165, 1.54) is 18.6 Å². The molecular weight excluding hydrogens is 255 g/mol. The van der Waals surface area contributed by atoms with Gasteiger partial charge in [0, 0.05) is 13.1 Å². The molecule has 98 valence electrons. The monoisotopic (exact) mass is 270 g/mol. The molecule has 0 atom stereocenters. The molecule has 5 heteroatoms. The molecule has 1 saturated heterocycles. The molecule has 1 aromatic carbocycles. The maximum atomic E-state index is 12.8. The fourth-order valence-electron chi connectivity index (χ4n) is 2.06. The van der Waals surface area contributed by atoms with Crippen LogP contribution < -0.4 is 5.32 Å². The smallest absolute Gasteiger partial charge is 0.241 e. The van der Waals surface area contributed by atoms with Gasteiger partial charge in [-0.25, -0.2) is 4.39 Å². The van der Waals surface area contributed by atoms with Crippen LogP contribution in [0, 0.1) is 5.82 Å². The van der Waals surface area contributed by atoms with Crippen LogP contribution in [0.25, 0.3) is 0 Å². The molecule has 1 aliphatic rings. The van der Waals surface area contributed by atoms with Crippen molar-refractivity contribution in [3.8, 4) is 0 Å². The Morgan fingerprint density at radius 3 is 2.72 bits per heavy atom. The van der Waals surface area contributed by atoms with E-state index < -0.39 is 0 Å². The Bertz CT molecular complexity index is 433. The van der Waals surface area contributed by atoms with Crippen molar-refractivity contribution in [1.82, 2.24) is 4.90 Å². The third-order valence-electron chi connectivity index (χ3n) is 3.07. The molecule has 1 fully saturated rings. The zero-order chi connectivity index (χ0) is 13.0. The summed E-state index contributed by atoms with van der Waals surface area (Å²) in [6.07, 6.45) is 3.34. The lowest BCUT2D eigenvalue weighted by Gasteiger charge is -2.27. The largest absolute Gasteiger partial charge is 0.375 e. The minimum Gasteiger partial charge on any atom is -0.375 e. The van der Waals surface area contributed by atoms with E-state index in [0.29, 0.717) is 10.7 Å². The average molecular weight is 271 g/mol. The molecule has 0 aliphatic carbocycles. The highest BCUT2D eigenvalue weighted by atomic mass is 35.5.